The van der Waals surface area contributed by atoms with Crippen LogP contribution in [0.1, 0.15) is 5.56 Å². The second-order valence-electron chi connectivity index (χ2n) is 2.08. The maximum Gasteiger partial charge on any atom is 0.148 e. The van der Waals surface area contributed by atoms with Crippen molar-refractivity contribution in [1.82, 2.24) is 4.98 Å². The van der Waals surface area contributed by atoms with Gasteiger partial charge in [0.25, 0.3) is 0 Å². The van der Waals surface area contributed by atoms with Crippen molar-refractivity contribution in [3.63, 3.8) is 0 Å². The lowest BCUT2D eigenvalue weighted by Crippen LogP contribution is -1.91. The van der Waals surface area contributed by atoms with E-state index in [1.807, 2.05) is 6.26 Å². The van der Waals surface area contributed by atoms with Crippen LogP contribution in [-0.2, 0) is 6.61 Å². The minimum atomic E-state index is -0.0694. The number of thioether (sulfide) groups is 1. The predicted molar refractivity (Wildman–Crippen MR) is 52.0 cm³/mol. The molecular formula is C7H7Cl2NOS. The van der Waals surface area contributed by atoms with Crippen molar-refractivity contribution in [1.29, 1.82) is 0 Å². The molecule has 1 heterocycles. The zero-order valence-corrected chi connectivity index (χ0v) is 8.67. The molecule has 2 nitrogen and oxygen atoms in total. The molecular weight excluding hydrogens is 217 g/mol. The quantitative estimate of drug-likeness (QED) is 0.619. The summed E-state index contributed by atoms with van der Waals surface area (Å²) in [5.74, 6) is 0. The lowest BCUT2D eigenvalue weighted by molar-refractivity contribution is 0.278. The Morgan fingerprint density at radius 1 is 1.58 bits per heavy atom. The Labute approximate surface area is 84.9 Å². The molecule has 0 saturated carbocycles. The fourth-order valence-corrected chi connectivity index (χ4v) is 2.07. The zero-order chi connectivity index (χ0) is 9.14. The minimum absolute atomic E-state index is 0.0694. The van der Waals surface area contributed by atoms with Crippen molar-refractivity contribution in [3.8, 4) is 0 Å². The number of rotatable bonds is 2. The Morgan fingerprint density at radius 3 is 2.75 bits per heavy atom. The standard InChI is InChI=1S/C7H7Cl2NOS/c1-12-6-4(3-11)2-10-7(9)5(6)8/h2,11H,3H2,1H3. The smallest absolute Gasteiger partial charge is 0.148 e. The van der Waals surface area contributed by atoms with Crippen molar-refractivity contribution < 1.29 is 5.11 Å². The number of halogens is 2. The molecule has 12 heavy (non-hydrogen) atoms. The molecule has 1 N–H and O–H groups in total. The van der Waals surface area contributed by atoms with Crippen molar-refractivity contribution >= 4 is 35.0 Å². The van der Waals surface area contributed by atoms with Crippen molar-refractivity contribution in [2.24, 2.45) is 0 Å². The van der Waals surface area contributed by atoms with Crippen LogP contribution in [-0.4, -0.2) is 16.3 Å². The fourth-order valence-electron chi connectivity index (χ4n) is 0.818. The van der Waals surface area contributed by atoms with E-state index in [1.165, 1.54) is 18.0 Å². The summed E-state index contributed by atoms with van der Waals surface area (Å²) >= 11 is 13.0. The second kappa shape index (κ2) is 4.33. The van der Waals surface area contributed by atoms with Crippen LogP contribution in [0, 0.1) is 0 Å². The molecule has 1 aromatic heterocycles. The van der Waals surface area contributed by atoms with E-state index in [9.17, 15) is 0 Å². The summed E-state index contributed by atoms with van der Waals surface area (Å²) in [4.78, 5) is 4.61. The number of nitrogens with zero attached hydrogens (tertiary/aromatic N) is 1. The van der Waals surface area contributed by atoms with Gasteiger partial charge in [-0.3, -0.25) is 0 Å². The molecule has 0 saturated heterocycles. The van der Waals surface area contributed by atoms with Gasteiger partial charge in [0.1, 0.15) is 5.15 Å². The highest BCUT2D eigenvalue weighted by molar-refractivity contribution is 7.98. The molecule has 0 fully saturated rings. The van der Waals surface area contributed by atoms with Gasteiger partial charge < -0.3 is 5.11 Å². The third-order valence-electron chi connectivity index (χ3n) is 1.38. The Hall–Kier alpha value is 0.0400. The average molecular weight is 224 g/mol. The molecule has 0 bridgehead atoms. The van der Waals surface area contributed by atoms with E-state index in [-0.39, 0.29) is 11.8 Å². The van der Waals surface area contributed by atoms with Crippen molar-refractivity contribution in [2.75, 3.05) is 6.26 Å². The Morgan fingerprint density at radius 2 is 2.25 bits per heavy atom. The van der Waals surface area contributed by atoms with Crippen LogP contribution in [0.4, 0.5) is 0 Å². The molecule has 0 unspecified atom stereocenters. The third kappa shape index (κ3) is 1.85. The minimum Gasteiger partial charge on any atom is -0.392 e. The van der Waals surface area contributed by atoms with E-state index >= 15 is 0 Å². The molecule has 1 aromatic rings. The van der Waals surface area contributed by atoms with Gasteiger partial charge in [-0.05, 0) is 6.26 Å². The van der Waals surface area contributed by atoms with Gasteiger partial charge in [0.05, 0.1) is 11.6 Å². The molecule has 0 radical (unpaired) electrons. The lowest BCUT2D eigenvalue weighted by Gasteiger charge is -2.06. The van der Waals surface area contributed by atoms with Gasteiger partial charge in [0.15, 0.2) is 0 Å². The van der Waals surface area contributed by atoms with E-state index in [0.29, 0.717) is 10.6 Å². The third-order valence-corrected chi connectivity index (χ3v) is 3.12. The van der Waals surface area contributed by atoms with Crippen LogP contribution in [0.2, 0.25) is 10.2 Å². The van der Waals surface area contributed by atoms with Gasteiger partial charge in [-0.25, -0.2) is 4.98 Å². The van der Waals surface area contributed by atoms with Crippen LogP contribution in [0.3, 0.4) is 0 Å². The summed E-state index contributed by atoms with van der Waals surface area (Å²) in [6.45, 7) is -0.0694. The van der Waals surface area contributed by atoms with Crippen LogP contribution in [0.5, 0.6) is 0 Å². The maximum absolute atomic E-state index is 8.91. The molecule has 66 valence electrons. The first-order valence-corrected chi connectivity index (χ1v) is 5.16. The van der Waals surface area contributed by atoms with Gasteiger partial charge in [-0.15, -0.1) is 11.8 Å². The van der Waals surface area contributed by atoms with E-state index < -0.39 is 0 Å². The topological polar surface area (TPSA) is 33.1 Å². The van der Waals surface area contributed by atoms with Crippen LogP contribution >= 0.6 is 35.0 Å². The maximum atomic E-state index is 8.91. The van der Waals surface area contributed by atoms with Gasteiger partial charge in [0.2, 0.25) is 0 Å². The summed E-state index contributed by atoms with van der Waals surface area (Å²) in [6, 6.07) is 0. The first-order chi connectivity index (χ1) is 5.70. The first-order valence-electron chi connectivity index (χ1n) is 3.18. The average Bonchev–Trinajstić information content (AvgIpc) is 2.09. The predicted octanol–water partition coefficient (Wildman–Crippen LogP) is 2.60. The second-order valence-corrected chi connectivity index (χ2v) is 3.63. The summed E-state index contributed by atoms with van der Waals surface area (Å²) in [5.41, 5.74) is 0.705. The number of aliphatic hydroxyl groups excluding tert-OH is 1. The Balaban J connectivity index is 3.25. The largest absolute Gasteiger partial charge is 0.392 e. The zero-order valence-electron chi connectivity index (χ0n) is 6.34. The van der Waals surface area contributed by atoms with E-state index in [0.717, 1.165) is 4.90 Å². The fraction of sp³-hybridized carbons (Fsp3) is 0.286. The Kier molecular flexibility index (Phi) is 3.65. The number of hydrogen-bond donors (Lipinski definition) is 1. The van der Waals surface area contributed by atoms with Crippen molar-refractivity contribution in [3.05, 3.63) is 21.9 Å². The number of aliphatic hydroxyl groups is 1. The molecule has 0 aliphatic heterocycles. The number of aromatic nitrogens is 1. The van der Waals surface area contributed by atoms with Crippen LogP contribution in [0.15, 0.2) is 11.1 Å². The highest BCUT2D eigenvalue weighted by atomic mass is 35.5. The molecule has 5 heteroatoms. The lowest BCUT2D eigenvalue weighted by atomic mass is 10.3. The van der Waals surface area contributed by atoms with E-state index in [2.05, 4.69) is 4.98 Å². The molecule has 0 atom stereocenters. The SMILES string of the molecule is CSc1c(CO)cnc(Cl)c1Cl. The monoisotopic (exact) mass is 223 g/mol. The molecule has 0 amide bonds. The molecule has 1 rings (SSSR count). The van der Waals surface area contributed by atoms with Crippen molar-refractivity contribution in [2.45, 2.75) is 11.5 Å². The highest BCUT2D eigenvalue weighted by Gasteiger charge is 2.09. The molecule has 0 aliphatic carbocycles. The summed E-state index contributed by atoms with van der Waals surface area (Å²) < 4.78 is 0. The van der Waals surface area contributed by atoms with Gasteiger partial charge in [-0.2, -0.15) is 0 Å². The van der Waals surface area contributed by atoms with Gasteiger partial charge in [-0.1, -0.05) is 23.2 Å². The molecule has 0 aromatic carbocycles. The summed E-state index contributed by atoms with van der Waals surface area (Å²) in [5, 5.41) is 9.60. The van der Waals surface area contributed by atoms with Crippen LogP contribution in [0.25, 0.3) is 0 Å². The Bertz CT molecular complexity index is 293. The molecule has 0 aliphatic rings. The first kappa shape index (κ1) is 10.1. The normalized spacial score (nSPS) is 10.3. The summed E-state index contributed by atoms with van der Waals surface area (Å²) in [7, 11) is 0. The van der Waals surface area contributed by atoms with Gasteiger partial charge >= 0.3 is 0 Å². The van der Waals surface area contributed by atoms with Crippen LogP contribution < -0.4 is 0 Å². The molecule has 0 spiro atoms. The summed E-state index contributed by atoms with van der Waals surface area (Å²) in [6.07, 6.45) is 3.40. The number of pyridine rings is 1. The number of hydrogen-bond acceptors (Lipinski definition) is 3. The highest BCUT2D eigenvalue weighted by Crippen LogP contribution is 2.33. The van der Waals surface area contributed by atoms with E-state index in [4.69, 9.17) is 28.3 Å². The van der Waals surface area contributed by atoms with Gasteiger partial charge in [0, 0.05) is 16.7 Å². The van der Waals surface area contributed by atoms with E-state index in [1.54, 1.807) is 0 Å².